The minimum absolute atomic E-state index is 0.173. The molecule has 1 atom stereocenters. The number of furan rings is 1. The number of halogens is 2. The maximum absolute atomic E-state index is 6.16. The van der Waals surface area contributed by atoms with E-state index in [1.54, 1.807) is 6.07 Å². The third-order valence-corrected chi connectivity index (χ3v) is 3.59. The van der Waals surface area contributed by atoms with E-state index >= 15 is 0 Å². The second-order valence-corrected chi connectivity index (χ2v) is 5.38. The topological polar surface area (TPSA) is 25.2 Å². The predicted molar refractivity (Wildman–Crippen MR) is 77.7 cm³/mol. The van der Waals surface area contributed by atoms with E-state index in [4.69, 9.17) is 27.6 Å². The molecule has 4 heteroatoms. The van der Waals surface area contributed by atoms with Gasteiger partial charge in [-0.2, -0.15) is 0 Å². The van der Waals surface area contributed by atoms with Gasteiger partial charge in [-0.15, -0.1) is 0 Å². The molecule has 0 aliphatic rings. The summed E-state index contributed by atoms with van der Waals surface area (Å²) < 4.78 is 5.89. The molecule has 1 N–H and O–H groups in total. The predicted octanol–water partition coefficient (Wildman–Crippen LogP) is 5.11. The van der Waals surface area contributed by atoms with Crippen molar-refractivity contribution in [2.75, 3.05) is 6.54 Å². The molecule has 1 unspecified atom stereocenters. The molecular formula is C14H17Cl2NO. The van der Waals surface area contributed by atoms with Crippen molar-refractivity contribution >= 4 is 34.2 Å². The SMILES string of the molecule is CCCNC(C)c1oc2c(Cl)cc(Cl)cc2c1C. The number of hydrogen-bond acceptors (Lipinski definition) is 2. The number of nitrogens with one attached hydrogen (secondary N) is 1. The Hall–Kier alpha value is -0.700. The van der Waals surface area contributed by atoms with Gasteiger partial charge in [0.1, 0.15) is 5.76 Å². The third-order valence-electron chi connectivity index (χ3n) is 3.09. The Morgan fingerprint density at radius 3 is 2.72 bits per heavy atom. The van der Waals surface area contributed by atoms with E-state index in [2.05, 4.69) is 19.2 Å². The molecular weight excluding hydrogens is 269 g/mol. The molecule has 0 aliphatic heterocycles. The van der Waals surface area contributed by atoms with Gasteiger partial charge >= 0.3 is 0 Å². The van der Waals surface area contributed by atoms with Gasteiger partial charge in [0.05, 0.1) is 11.1 Å². The minimum Gasteiger partial charge on any atom is -0.458 e. The van der Waals surface area contributed by atoms with Crippen LogP contribution in [-0.2, 0) is 0 Å². The second kappa shape index (κ2) is 5.52. The van der Waals surface area contributed by atoms with Gasteiger partial charge in [-0.05, 0) is 38.9 Å². The normalized spacial score (nSPS) is 13.2. The molecule has 0 spiro atoms. The molecule has 0 radical (unpaired) electrons. The smallest absolute Gasteiger partial charge is 0.153 e. The largest absolute Gasteiger partial charge is 0.458 e. The number of rotatable bonds is 4. The fourth-order valence-electron chi connectivity index (χ4n) is 2.13. The Balaban J connectivity index is 2.47. The lowest BCUT2D eigenvalue weighted by atomic mass is 10.1. The van der Waals surface area contributed by atoms with Crippen LogP contribution < -0.4 is 5.32 Å². The molecule has 0 aliphatic carbocycles. The summed E-state index contributed by atoms with van der Waals surface area (Å²) in [6.45, 7) is 7.24. The highest BCUT2D eigenvalue weighted by Gasteiger charge is 2.18. The van der Waals surface area contributed by atoms with Gasteiger partial charge in [0.15, 0.2) is 5.58 Å². The van der Waals surface area contributed by atoms with Crippen LogP contribution in [0.15, 0.2) is 16.5 Å². The van der Waals surface area contributed by atoms with Crippen molar-refractivity contribution in [3.63, 3.8) is 0 Å². The molecule has 2 rings (SSSR count). The zero-order valence-electron chi connectivity index (χ0n) is 10.8. The van der Waals surface area contributed by atoms with Crippen LogP contribution in [-0.4, -0.2) is 6.54 Å². The lowest BCUT2D eigenvalue weighted by molar-refractivity contribution is 0.449. The first kappa shape index (κ1) is 13.7. The number of fused-ring (bicyclic) bond motifs is 1. The molecule has 18 heavy (non-hydrogen) atoms. The van der Waals surface area contributed by atoms with Gasteiger partial charge < -0.3 is 9.73 Å². The van der Waals surface area contributed by atoms with Gasteiger partial charge in [0.25, 0.3) is 0 Å². The molecule has 0 bridgehead atoms. The fourth-order valence-corrected chi connectivity index (χ4v) is 2.66. The average molecular weight is 286 g/mol. The molecule has 98 valence electrons. The van der Waals surface area contributed by atoms with E-state index in [1.807, 2.05) is 13.0 Å². The molecule has 1 heterocycles. The average Bonchev–Trinajstić information content (AvgIpc) is 2.65. The van der Waals surface area contributed by atoms with Gasteiger partial charge in [-0.3, -0.25) is 0 Å². The minimum atomic E-state index is 0.173. The summed E-state index contributed by atoms with van der Waals surface area (Å²) in [4.78, 5) is 0. The standard InChI is InChI=1S/C14H17Cl2NO/c1-4-5-17-9(3)13-8(2)11-6-10(15)7-12(16)14(11)18-13/h6-7,9,17H,4-5H2,1-3H3. The molecule has 1 aromatic heterocycles. The van der Waals surface area contributed by atoms with Crippen molar-refractivity contribution in [1.82, 2.24) is 5.32 Å². The monoisotopic (exact) mass is 285 g/mol. The Bertz CT molecular complexity index is 562. The molecule has 2 aromatic rings. The first-order valence-corrected chi connectivity index (χ1v) is 6.91. The summed E-state index contributed by atoms with van der Waals surface area (Å²) in [5.74, 6) is 0.933. The second-order valence-electron chi connectivity index (χ2n) is 4.53. The van der Waals surface area contributed by atoms with Crippen LogP contribution >= 0.6 is 23.2 Å². The van der Waals surface area contributed by atoms with Crippen LogP contribution in [0.25, 0.3) is 11.0 Å². The van der Waals surface area contributed by atoms with Crippen LogP contribution in [0.4, 0.5) is 0 Å². The van der Waals surface area contributed by atoms with E-state index in [-0.39, 0.29) is 6.04 Å². The summed E-state index contributed by atoms with van der Waals surface area (Å²) in [5.41, 5.74) is 1.82. The van der Waals surface area contributed by atoms with E-state index in [9.17, 15) is 0 Å². The fraction of sp³-hybridized carbons (Fsp3) is 0.429. The Labute approximate surface area is 117 Å². The van der Waals surface area contributed by atoms with Crippen LogP contribution in [0.1, 0.15) is 37.6 Å². The van der Waals surface area contributed by atoms with E-state index in [0.29, 0.717) is 10.0 Å². The van der Waals surface area contributed by atoms with Crippen LogP contribution in [0.5, 0.6) is 0 Å². The number of aryl methyl sites for hydroxylation is 1. The van der Waals surface area contributed by atoms with Crippen LogP contribution in [0.3, 0.4) is 0 Å². The van der Waals surface area contributed by atoms with Crippen molar-refractivity contribution < 1.29 is 4.42 Å². The highest BCUT2D eigenvalue weighted by Crippen LogP contribution is 2.35. The van der Waals surface area contributed by atoms with Crippen molar-refractivity contribution in [3.8, 4) is 0 Å². The first-order chi connectivity index (χ1) is 8.54. The maximum Gasteiger partial charge on any atom is 0.153 e. The van der Waals surface area contributed by atoms with Gasteiger partial charge in [0, 0.05) is 16.0 Å². The van der Waals surface area contributed by atoms with E-state index in [1.165, 1.54) is 0 Å². The van der Waals surface area contributed by atoms with E-state index < -0.39 is 0 Å². The zero-order valence-corrected chi connectivity index (χ0v) is 12.3. The summed E-state index contributed by atoms with van der Waals surface area (Å²) in [6, 6.07) is 3.78. The lowest BCUT2D eigenvalue weighted by Gasteiger charge is -2.11. The molecule has 0 saturated heterocycles. The molecule has 0 saturated carbocycles. The number of benzene rings is 1. The molecule has 2 nitrogen and oxygen atoms in total. The number of hydrogen-bond donors (Lipinski definition) is 1. The highest BCUT2D eigenvalue weighted by atomic mass is 35.5. The molecule has 1 aromatic carbocycles. The molecule has 0 amide bonds. The van der Waals surface area contributed by atoms with Crippen molar-refractivity contribution in [3.05, 3.63) is 33.5 Å². The van der Waals surface area contributed by atoms with Crippen LogP contribution in [0, 0.1) is 6.92 Å². The van der Waals surface area contributed by atoms with Crippen LogP contribution in [0.2, 0.25) is 10.0 Å². The van der Waals surface area contributed by atoms with Crippen molar-refractivity contribution in [2.45, 2.75) is 33.2 Å². The van der Waals surface area contributed by atoms with Crippen molar-refractivity contribution in [2.24, 2.45) is 0 Å². The van der Waals surface area contributed by atoms with Gasteiger partial charge in [0.2, 0.25) is 0 Å². The summed E-state index contributed by atoms with van der Waals surface area (Å²) >= 11 is 12.2. The van der Waals surface area contributed by atoms with Gasteiger partial charge in [-0.1, -0.05) is 30.1 Å². The van der Waals surface area contributed by atoms with Gasteiger partial charge in [-0.25, -0.2) is 0 Å². The lowest BCUT2D eigenvalue weighted by Crippen LogP contribution is -2.19. The summed E-state index contributed by atoms with van der Waals surface area (Å²) in [6.07, 6.45) is 1.09. The quantitative estimate of drug-likeness (QED) is 0.845. The van der Waals surface area contributed by atoms with E-state index in [0.717, 1.165) is 35.3 Å². The highest BCUT2D eigenvalue weighted by molar-refractivity contribution is 6.38. The Morgan fingerprint density at radius 1 is 1.33 bits per heavy atom. The van der Waals surface area contributed by atoms with Crippen molar-refractivity contribution in [1.29, 1.82) is 0 Å². The molecule has 0 fully saturated rings. The first-order valence-electron chi connectivity index (χ1n) is 6.16. The third kappa shape index (κ3) is 2.51. The summed E-state index contributed by atoms with van der Waals surface area (Å²) in [5, 5.41) is 5.61. The summed E-state index contributed by atoms with van der Waals surface area (Å²) in [7, 11) is 0. The Morgan fingerprint density at radius 2 is 2.06 bits per heavy atom. The maximum atomic E-state index is 6.16. The zero-order chi connectivity index (χ0) is 13.3. The Kier molecular flexibility index (Phi) is 4.21.